The second-order valence-corrected chi connectivity index (χ2v) is 2.93. The maximum Gasteiger partial charge on any atom is 0.310 e. The van der Waals surface area contributed by atoms with Gasteiger partial charge >= 0.3 is 5.69 Å². The van der Waals surface area contributed by atoms with E-state index in [4.69, 9.17) is 4.74 Å². The maximum atomic E-state index is 10.6. The van der Waals surface area contributed by atoms with Gasteiger partial charge in [-0.1, -0.05) is 25.5 Å². The lowest BCUT2D eigenvalue weighted by molar-refractivity contribution is -0.385. The monoisotopic (exact) mass is 195 g/mol. The largest absolute Gasteiger partial charge is 0.487 e. The van der Waals surface area contributed by atoms with Crippen molar-refractivity contribution in [1.29, 1.82) is 0 Å². The molecule has 0 N–H and O–H groups in total. The molecule has 76 valence electrons. The van der Waals surface area contributed by atoms with Gasteiger partial charge < -0.3 is 4.74 Å². The Labute approximate surface area is 82.7 Å². The molecule has 0 aliphatic heterocycles. The van der Waals surface area contributed by atoms with Crippen LogP contribution in [0.4, 0.5) is 5.69 Å². The first-order valence-electron chi connectivity index (χ1n) is 4.62. The molecule has 0 heterocycles. The molecule has 0 unspecified atom stereocenters. The first-order valence-corrected chi connectivity index (χ1v) is 4.62. The van der Waals surface area contributed by atoms with Crippen molar-refractivity contribution in [3.05, 3.63) is 34.4 Å². The molecule has 0 saturated heterocycles. The van der Waals surface area contributed by atoms with Gasteiger partial charge in [-0.2, -0.15) is 0 Å². The second-order valence-electron chi connectivity index (χ2n) is 2.93. The van der Waals surface area contributed by atoms with Crippen LogP contribution in [-0.4, -0.2) is 11.5 Å². The first kappa shape index (κ1) is 10.5. The number of rotatable bonds is 5. The van der Waals surface area contributed by atoms with Crippen LogP contribution in [0.3, 0.4) is 0 Å². The van der Waals surface area contributed by atoms with E-state index in [1.165, 1.54) is 6.07 Å². The number of unbranched alkanes of at least 4 members (excludes halogenated alkanes) is 1. The second kappa shape index (κ2) is 5.21. The molecule has 4 heteroatoms. The van der Waals surface area contributed by atoms with Gasteiger partial charge in [0.2, 0.25) is 0 Å². The van der Waals surface area contributed by atoms with Crippen LogP contribution in [0.5, 0.6) is 5.75 Å². The van der Waals surface area contributed by atoms with E-state index < -0.39 is 4.92 Å². The van der Waals surface area contributed by atoms with Crippen LogP contribution in [0.15, 0.2) is 24.3 Å². The smallest absolute Gasteiger partial charge is 0.310 e. The van der Waals surface area contributed by atoms with E-state index in [0.717, 1.165) is 12.8 Å². The summed E-state index contributed by atoms with van der Waals surface area (Å²) in [4.78, 5) is 10.2. The Balaban J connectivity index is 2.69. The van der Waals surface area contributed by atoms with Gasteiger partial charge in [0.05, 0.1) is 11.5 Å². The summed E-state index contributed by atoms with van der Waals surface area (Å²) >= 11 is 0. The van der Waals surface area contributed by atoms with Crippen LogP contribution >= 0.6 is 0 Å². The van der Waals surface area contributed by atoms with E-state index in [1.807, 2.05) is 6.92 Å². The lowest BCUT2D eigenvalue weighted by Crippen LogP contribution is -1.99. The van der Waals surface area contributed by atoms with Gasteiger partial charge in [0.15, 0.2) is 5.75 Å². The van der Waals surface area contributed by atoms with Gasteiger partial charge in [-0.05, 0) is 12.5 Å². The Bertz CT molecular complexity index is 312. The van der Waals surface area contributed by atoms with Crippen molar-refractivity contribution in [2.45, 2.75) is 19.8 Å². The summed E-state index contributed by atoms with van der Waals surface area (Å²) < 4.78 is 5.30. The normalized spacial score (nSPS) is 9.79. The van der Waals surface area contributed by atoms with Crippen LogP contribution in [0.25, 0.3) is 0 Å². The highest BCUT2D eigenvalue weighted by Gasteiger charge is 2.12. The fourth-order valence-corrected chi connectivity index (χ4v) is 1.06. The van der Waals surface area contributed by atoms with Gasteiger partial charge in [-0.25, -0.2) is 0 Å². The highest BCUT2D eigenvalue weighted by atomic mass is 16.6. The summed E-state index contributed by atoms with van der Waals surface area (Å²) in [6, 6.07) is 6.42. The Morgan fingerprint density at radius 1 is 1.43 bits per heavy atom. The van der Waals surface area contributed by atoms with Crippen LogP contribution in [0.2, 0.25) is 0 Å². The molecule has 1 aromatic rings. The number of para-hydroxylation sites is 2. The number of nitro groups is 1. The van der Waals surface area contributed by atoms with Gasteiger partial charge in [-0.3, -0.25) is 10.1 Å². The van der Waals surface area contributed by atoms with Gasteiger partial charge in [-0.15, -0.1) is 0 Å². The zero-order valence-corrected chi connectivity index (χ0v) is 8.10. The van der Waals surface area contributed by atoms with E-state index in [-0.39, 0.29) is 5.69 Å². The molecule has 4 nitrogen and oxygen atoms in total. The molecule has 0 aliphatic carbocycles. The average molecular weight is 195 g/mol. The number of nitro benzene ring substituents is 1. The van der Waals surface area contributed by atoms with Crippen LogP contribution in [0.1, 0.15) is 19.8 Å². The predicted molar refractivity (Wildman–Crippen MR) is 53.5 cm³/mol. The molecule has 0 amide bonds. The molecule has 0 atom stereocenters. The molecule has 0 aromatic heterocycles. The molecule has 0 bridgehead atoms. The van der Waals surface area contributed by atoms with Crippen molar-refractivity contribution in [3.8, 4) is 5.75 Å². The number of hydrogen-bond acceptors (Lipinski definition) is 3. The summed E-state index contributed by atoms with van der Waals surface area (Å²) in [6.07, 6.45) is 1.92. The van der Waals surface area contributed by atoms with Crippen molar-refractivity contribution < 1.29 is 9.66 Å². The number of hydrogen-bond donors (Lipinski definition) is 0. The molecule has 0 spiro atoms. The number of benzene rings is 1. The van der Waals surface area contributed by atoms with E-state index in [0.29, 0.717) is 12.4 Å². The number of nitrogens with zero attached hydrogens (tertiary/aromatic N) is 1. The topological polar surface area (TPSA) is 52.4 Å². The minimum atomic E-state index is -0.429. The molecule has 14 heavy (non-hydrogen) atoms. The first-order chi connectivity index (χ1) is 6.75. The summed E-state index contributed by atoms with van der Waals surface area (Å²) in [5.41, 5.74) is 0.0311. The van der Waals surface area contributed by atoms with Crippen molar-refractivity contribution in [3.63, 3.8) is 0 Å². The summed E-state index contributed by atoms with van der Waals surface area (Å²) in [5, 5.41) is 10.6. The minimum absolute atomic E-state index is 0.0311. The highest BCUT2D eigenvalue weighted by Crippen LogP contribution is 2.25. The van der Waals surface area contributed by atoms with Gasteiger partial charge in [0, 0.05) is 6.07 Å². The molecule has 0 radical (unpaired) electrons. The SMILES string of the molecule is CCCCOc1ccccc1[N+](=O)[O-]. The predicted octanol–water partition coefficient (Wildman–Crippen LogP) is 2.77. The summed E-state index contributed by atoms with van der Waals surface area (Å²) in [6.45, 7) is 2.57. The third kappa shape index (κ3) is 2.73. The molecular formula is C10H13NO3. The minimum Gasteiger partial charge on any atom is -0.487 e. The Hall–Kier alpha value is -1.58. The molecular weight excluding hydrogens is 182 g/mol. The van der Waals surface area contributed by atoms with E-state index in [1.54, 1.807) is 18.2 Å². The fourth-order valence-electron chi connectivity index (χ4n) is 1.06. The lowest BCUT2D eigenvalue weighted by Gasteiger charge is -2.04. The molecule has 0 fully saturated rings. The zero-order chi connectivity index (χ0) is 10.4. The highest BCUT2D eigenvalue weighted by molar-refractivity contribution is 5.45. The van der Waals surface area contributed by atoms with Crippen molar-refractivity contribution in [1.82, 2.24) is 0 Å². The van der Waals surface area contributed by atoms with Crippen molar-refractivity contribution >= 4 is 5.69 Å². The lowest BCUT2D eigenvalue weighted by atomic mass is 10.3. The third-order valence-electron chi connectivity index (χ3n) is 1.82. The standard InChI is InChI=1S/C10H13NO3/c1-2-3-8-14-10-7-5-4-6-9(10)11(12)13/h4-7H,2-3,8H2,1H3. The van der Waals surface area contributed by atoms with E-state index in [9.17, 15) is 10.1 Å². The summed E-state index contributed by atoms with van der Waals surface area (Å²) in [7, 11) is 0. The molecule has 0 aliphatic rings. The quantitative estimate of drug-likeness (QED) is 0.412. The van der Waals surface area contributed by atoms with Gasteiger partial charge in [0.1, 0.15) is 0 Å². The molecule has 0 saturated carbocycles. The fraction of sp³-hybridized carbons (Fsp3) is 0.400. The maximum absolute atomic E-state index is 10.6. The van der Waals surface area contributed by atoms with E-state index in [2.05, 4.69) is 0 Å². The Morgan fingerprint density at radius 3 is 2.79 bits per heavy atom. The number of ether oxygens (including phenoxy) is 1. The summed E-state index contributed by atoms with van der Waals surface area (Å²) in [5.74, 6) is 0.353. The van der Waals surface area contributed by atoms with E-state index >= 15 is 0 Å². The Kier molecular flexibility index (Phi) is 3.91. The van der Waals surface area contributed by atoms with Crippen LogP contribution in [0, 0.1) is 10.1 Å². The van der Waals surface area contributed by atoms with Crippen molar-refractivity contribution in [2.75, 3.05) is 6.61 Å². The zero-order valence-electron chi connectivity index (χ0n) is 8.10. The van der Waals surface area contributed by atoms with Gasteiger partial charge in [0.25, 0.3) is 0 Å². The third-order valence-corrected chi connectivity index (χ3v) is 1.82. The van der Waals surface area contributed by atoms with Crippen LogP contribution in [-0.2, 0) is 0 Å². The van der Waals surface area contributed by atoms with Crippen molar-refractivity contribution in [2.24, 2.45) is 0 Å². The molecule has 1 rings (SSSR count). The Morgan fingerprint density at radius 2 is 2.14 bits per heavy atom. The average Bonchev–Trinajstić information content (AvgIpc) is 2.19. The molecule has 1 aromatic carbocycles. The van der Waals surface area contributed by atoms with Crippen LogP contribution < -0.4 is 4.74 Å².